The number of aromatic nitrogens is 1. The van der Waals surface area contributed by atoms with Crippen molar-refractivity contribution in [3.63, 3.8) is 0 Å². The highest BCUT2D eigenvalue weighted by Gasteiger charge is 2.10. The van der Waals surface area contributed by atoms with Gasteiger partial charge in [-0.25, -0.2) is 4.98 Å². The van der Waals surface area contributed by atoms with Gasteiger partial charge in [0.1, 0.15) is 6.20 Å². The van der Waals surface area contributed by atoms with Crippen LogP contribution in [0.15, 0.2) is 6.20 Å². The highest BCUT2D eigenvalue weighted by atomic mass is 32.1. The van der Waals surface area contributed by atoms with Crippen molar-refractivity contribution in [2.24, 2.45) is 0 Å². The summed E-state index contributed by atoms with van der Waals surface area (Å²) in [6.45, 7) is 4.26. The van der Waals surface area contributed by atoms with Crippen LogP contribution in [0, 0.1) is 10.1 Å². The van der Waals surface area contributed by atoms with E-state index < -0.39 is 4.92 Å². The quantitative estimate of drug-likeness (QED) is 0.432. The Labute approximate surface area is 97.8 Å². The first-order valence-corrected chi connectivity index (χ1v) is 5.97. The van der Waals surface area contributed by atoms with Gasteiger partial charge < -0.3 is 10.1 Å². The van der Waals surface area contributed by atoms with E-state index in [9.17, 15) is 10.1 Å². The minimum Gasteiger partial charge on any atom is -0.381 e. The van der Waals surface area contributed by atoms with Crippen molar-refractivity contribution in [1.29, 1.82) is 0 Å². The molecule has 0 aromatic carbocycles. The zero-order chi connectivity index (χ0) is 11.8. The van der Waals surface area contributed by atoms with E-state index in [1.54, 1.807) is 0 Å². The Morgan fingerprint density at radius 2 is 2.44 bits per heavy atom. The number of nitrogens with one attached hydrogen (secondary N) is 1. The predicted octanol–water partition coefficient (Wildman–Crippen LogP) is 2.28. The highest BCUT2D eigenvalue weighted by molar-refractivity contribution is 7.18. The van der Waals surface area contributed by atoms with Crippen LogP contribution in [0.2, 0.25) is 0 Å². The van der Waals surface area contributed by atoms with Crippen molar-refractivity contribution in [2.45, 2.75) is 19.8 Å². The maximum Gasteiger partial charge on any atom is 0.345 e. The highest BCUT2D eigenvalue weighted by Crippen LogP contribution is 2.24. The molecule has 0 amide bonds. The lowest BCUT2D eigenvalue weighted by molar-refractivity contribution is -0.380. The number of anilines is 1. The normalized spacial score (nSPS) is 10.3. The Bertz CT molecular complexity index is 330. The van der Waals surface area contributed by atoms with Crippen LogP contribution in [0.4, 0.5) is 10.1 Å². The van der Waals surface area contributed by atoms with Gasteiger partial charge in [-0.05, 0) is 24.2 Å². The summed E-state index contributed by atoms with van der Waals surface area (Å²) < 4.78 is 5.30. The fourth-order valence-corrected chi connectivity index (χ4v) is 1.71. The van der Waals surface area contributed by atoms with Crippen LogP contribution in [-0.2, 0) is 4.74 Å². The average Bonchev–Trinajstić information content (AvgIpc) is 2.72. The number of nitrogens with zero attached hydrogens (tertiary/aromatic N) is 2. The third kappa shape index (κ3) is 4.54. The molecule has 0 aliphatic carbocycles. The first-order chi connectivity index (χ1) is 7.74. The van der Waals surface area contributed by atoms with Gasteiger partial charge in [0.15, 0.2) is 5.13 Å². The fourth-order valence-electron chi connectivity index (χ4n) is 1.05. The minimum absolute atomic E-state index is 0.0599. The van der Waals surface area contributed by atoms with Gasteiger partial charge in [-0.3, -0.25) is 10.1 Å². The summed E-state index contributed by atoms with van der Waals surface area (Å²) in [5.41, 5.74) is 0. The molecule has 0 aliphatic heterocycles. The monoisotopic (exact) mass is 245 g/mol. The van der Waals surface area contributed by atoms with Gasteiger partial charge in [-0.15, -0.1) is 0 Å². The molecular formula is C9H15N3O3S. The maximum atomic E-state index is 10.4. The molecule has 0 saturated carbocycles. The largest absolute Gasteiger partial charge is 0.381 e. The summed E-state index contributed by atoms with van der Waals surface area (Å²) in [5.74, 6) is 0. The Kier molecular flexibility index (Phi) is 5.73. The Morgan fingerprint density at radius 1 is 1.62 bits per heavy atom. The van der Waals surface area contributed by atoms with Crippen molar-refractivity contribution in [3.8, 4) is 0 Å². The van der Waals surface area contributed by atoms with E-state index in [4.69, 9.17) is 4.74 Å². The predicted molar refractivity (Wildman–Crippen MR) is 63.0 cm³/mol. The van der Waals surface area contributed by atoms with Crippen LogP contribution in [-0.4, -0.2) is 29.7 Å². The van der Waals surface area contributed by atoms with Crippen molar-refractivity contribution in [2.75, 3.05) is 25.1 Å². The summed E-state index contributed by atoms with van der Waals surface area (Å²) >= 11 is 1.05. The summed E-state index contributed by atoms with van der Waals surface area (Å²) in [5, 5.41) is 14.1. The zero-order valence-corrected chi connectivity index (χ0v) is 9.96. The van der Waals surface area contributed by atoms with Gasteiger partial charge in [0.25, 0.3) is 0 Å². The molecule has 6 nitrogen and oxygen atoms in total. The molecule has 1 aromatic rings. The van der Waals surface area contributed by atoms with Gasteiger partial charge >= 0.3 is 5.00 Å². The first kappa shape index (κ1) is 12.9. The van der Waals surface area contributed by atoms with Gasteiger partial charge in [0.2, 0.25) is 0 Å². The molecule has 0 spiro atoms. The SMILES string of the molecule is CCCOCCCNc1ncc([N+](=O)[O-])s1. The van der Waals surface area contributed by atoms with Crippen LogP contribution >= 0.6 is 11.3 Å². The molecule has 0 bridgehead atoms. The fraction of sp³-hybridized carbons (Fsp3) is 0.667. The standard InChI is InChI=1S/C9H15N3O3S/c1-2-5-15-6-3-4-10-9-11-7-8(16-9)12(13)14/h7H,2-6H2,1H3,(H,10,11). The van der Waals surface area contributed by atoms with Crippen LogP contribution in [0.3, 0.4) is 0 Å². The van der Waals surface area contributed by atoms with Crippen LogP contribution in [0.1, 0.15) is 19.8 Å². The molecule has 0 unspecified atom stereocenters. The number of rotatable bonds is 8. The molecule has 0 fully saturated rings. The second-order valence-electron chi connectivity index (χ2n) is 3.15. The molecule has 16 heavy (non-hydrogen) atoms. The maximum absolute atomic E-state index is 10.4. The van der Waals surface area contributed by atoms with E-state index >= 15 is 0 Å². The molecule has 1 heterocycles. The van der Waals surface area contributed by atoms with Crippen LogP contribution in [0.5, 0.6) is 0 Å². The number of thiazole rings is 1. The average molecular weight is 245 g/mol. The molecule has 7 heteroatoms. The lowest BCUT2D eigenvalue weighted by atomic mass is 10.4. The molecule has 0 saturated heterocycles. The first-order valence-electron chi connectivity index (χ1n) is 5.16. The molecule has 0 aliphatic rings. The van der Waals surface area contributed by atoms with E-state index in [-0.39, 0.29) is 5.00 Å². The Morgan fingerprint density at radius 3 is 3.06 bits per heavy atom. The third-order valence-corrected chi connectivity index (χ3v) is 2.67. The van der Waals surface area contributed by atoms with Gasteiger partial charge in [-0.2, -0.15) is 0 Å². The summed E-state index contributed by atoms with van der Waals surface area (Å²) in [6, 6.07) is 0. The van der Waals surface area contributed by atoms with Crippen LogP contribution < -0.4 is 5.32 Å². The lowest BCUT2D eigenvalue weighted by Gasteiger charge is -2.02. The Hall–Kier alpha value is -1.21. The van der Waals surface area contributed by atoms with Crippen LogP contribution in [0.25, 0.3) is 0 Å². The van der Waals surface area contributed by atoms with Gasteiger partial charge in [0, 0.05) is 19.8 Å². The number of nitro groups is 1. The van der Waals surface area contributed by atoms with E-state index in [2.05, 4.69) is 17.2 Å². The lowest BCUT2D eigenvalue weighted by Crippen LogP contribution is -2.05. The van der Waals surface area contributed by atoms with Crippen molar-refractivity contribution in [1.82, 2.24) is 4.98 Å². The smallest absolute Gasteiger partial charge is 0.345 e. The molecule has 0 radical (unpaired) electrons. The summed E-state index contributed by atoms with van der Waals surface area (Å²) in [6.07, 6.45) is 3.15. The molecule has 1 rings (SSSR count). The topological polar surface area (TPSA) is 77.3 Å². The van der Waals surface area contributed by atoms with Gasteiger partial charge in [0.05, 0.1) is 4.92 Å². The van der Waals surface area contributed by atoms with E-state index in [0.717, 1.165) is 30.8 Å². The number of hydrogen-bond donors (Lipinski definition) is 1. The van der Waals surface area contributed by atoms with E-state index in [1.165, 1.54) is 6.20 Å². The molecule has 0 atom stereocenters. The number of ether oxygens (including phenoxy) is 1. The molecule has 1 N–H and O–H groups in total. The molecular weight excluding hydrogens is 230 g/mol. The second kappa shape index (κ2) is 7.13. The number of hydrogen-bond acceptors (Lipinski definition) is 6. The summed E-state index contributed by atoms with van der Waals surface area (Å²) in [4.78, 5) is 13.8. The molecule has 1 aromatic heterocycles. The molecule has 90 valence electrons. The van der Waals surface area contributed by atoms with E-state index in [0.29, 0.717) is 18.3 Å². The van der Waals surface area contributed by atoms with Crippen molar-refractivity contribution >= 4 is 21.5 Å². The van der Waals surface area contributed by atoms with Crippen molar-refractivity contribution < 1.29 is 9.66 Å². The summed E-state index contributed by atoms with van der Waals surface area (Å²) in [7, 11) is 0. The third-order valence-electron chi connectivity index (χ3n) is 1.76. The van der Waals surface area contributed by atoms with Gasteiger partial charge in [-0.1, -0.05) is 6.92 Å². The zero-order valence-electron chi connectivity index (χ0n) is 9.14. The van der Waals surface area contributed by atoms with E-state index in [1.807, 2.05) is 0 Å². The second-order valence-corrected chi connectivity index (χ2v) is 4.16. The van der Waals surface area contributed by atoms with Crippen molar-refractivity contribution in [3.05, 3.63) is 16.3 Å². The minimum atomic E-state index is -0.437. The Balaban J connectivity index is 2.14.